The van der Waals surface area contributed by atoms with Crippen LogP contribution in [0.25, 0.3) is 230 Å². The fraction of sp³-hybridized carbons (Fsp3) is 0. The highest BCUT2D eigenvalue weighted by Crippen LogP contribution is 2.49. The van der Waals surface area contributed by atoms with E-state index in [1.54, 1.807) is 11.3 Å². The van der Waals surface area contributed by atoms with Gasteiger partial charge in [-0.25, -0.2) is 29.9 Å². The van der Waals surface area contributed by atoms with E-state index in [4.69, 9.17) is 29.9 Å². The molecule has 0 N–H and O–H groups in total. The average molecular weight is 1610 g/mol. The van der Waals surface area contributed by atoms with Gasteiger partial charge in [-0.05, 0) is 188 Å². The molecule has 23 rings (SSSR count). The van der Waals surface area contributed by atoms with Crippen molar-refractivity contribution in [1.29, 1.82) is 15.8 Å². The maximum Gasteiger partial charge on any atom is 0.166 e. The van der Waals surface area contributed by atoms with Crippen molar-refractivity contribution in [3.8, 4) is 165 Å². The van der Waals surface area contributed by atoms with Crippen molar-refractivity contribution in [2.24, 2.45) is 0 Å². The second-order valence-electron chi connectivity index (χ2n) is 31.0. The highest BCUT2D eigenvalue weighted by atomic mass is 32.1. The summed E-state index contributed by atoms with van der Waals surface area (Å²) in [7, 11) is 0. The summed E-state index contributed by atoms with van der Waals surface area (Å²) in [6.07, 6.45) is 0. The van der Waals surface area contributed by atoms with Crippen molar-refractivity contribution in [2.75, 3.05) is 0 Å². The van der Waals surface area contributed by atoms with Crippen molar-refractivity contribution < 1.29 is 0 Å². The number of nitriles is 3. The number of hydrogen-bond acceptors (Lipinski definition) is 11. The van der Waals surface area contributed by atoms with Crippen molar-refractivity contribution in [2.45, 2.75) is 0 Å². The van der Waals surface area contributed by atoms with Crippen LogP contribution in [-0.2, 0) is 0 Å². The molecule has 13 heteroatoms. The lowest BCUT2D eigenvalue weighted by Gasteiger charge is -2.17. The third kappa shape index (κ3) is 12.7. The Labute approximate surface area is 719 Å². The summed E-state index contributed by atoms with van der Waals surface area (Å²) in [5, 5.41) is 39.4. The largest absolute Gasteiger partial charge is 0.308 e. The molecule has 0 atom stereocenters. The highest BCUT2D eigenvalue weighted by molar-refractivity contribution is 7.26. The van der Waals surface area contributed by atoms with Crippen molar-refractivity contribution in [3.63, 3.8) is 0 Å². The summed E-state index contributed by atoms with van der Waals surface area (Å²) >= 11 is 3.58. The molecule has 574 valence electrons. The number of hydrogen-bond donors (Lipinski definition) is 0. The standard InChI is InChI=1S/C111H63N11S2/c112-64-67-35-37-70(38-36-67)84-58-91(105-90-32-13-15-33-95(90)121(100(105)61-84)96-50-43-77(81-41-48-88-87-31-14-16-34-101(87)123-103(88)62-81)55-93(96)110-117-106(71-21-5-1-6-22-71)115-107(118-110)72-23-7-2-8-24-72)83-45-52-102-92(57-83)89-49-42-82(63-104(89)124-102)78-44-51-97(94(56-78)111-119-108(73-25-9-3-10-26-73)116-109(120-111)74-27-11-4-12-28-74)122-98-59-79(75-29-17-19-68(53-75)65-113)39-46-85(98)86-47-40-80(60-99(86)122)76-30-18-20-69(54-76)66-114/h1-63H. The molecule has 124 heavy (non-hydrogen) atoms. The molecular weight excluding hydrogens is 1550 g/mol. The minimum absolute atomic E-state index is 0.485. The zero-order chi connectivity index (χ0) is 82.5. The first kappa shape index (κ1) is 72.5. The van der Waals surface area contributed by atoms with E-state index in [0.717, 1.165) is 175 Å². The molecule has 0 aliphatic carbocycles. The zero-order valence-electron chi connectivity index (χ0n) is 66.1. The lowest BCUT2D eigenvalue weighted by atomic mass is 9.93. The van der Waals surface area contributed by atoms with E-state index in [2.05, 4.69) is 252 Å². The Morgan fingerprint density at radius 2 is 0.548 bits per heavy atom. The molecule has 0 spiro atoms. The van der Waals surface area contributed by atoms with Gasteiger partial charge in [0.15, 0.2) is 34.9 Å². The average Bonchev–Trinajstić information content (AvgIpc) is 1.56. The van der Waals surface area contributed by atoms with Gasteiger partial charge >= 0.3 is 0 Å². The summed E-state index contributed by atoms with van der Waals surface area (Å²) in [4.78, 5) is 32.3. The Morgan fingerprint density at radius 1 is 0.194 bits per heavy atom. The van der Waals surface area contributed by atoms with Gasteiger partial charge in [-0.15, -0.1) is 22.7 Å². The predicted octanol–water partition coefficient (Wildman–Crippen LogP) is 28.6. The fourth-order valence-corrected chi connectivity index (χ4v) is 20.0. The van der Waals surface area contributed by atoms with Gasteiger partial charge in [0.25, 0.3) is 0 Å². The van der Waals surface area contributed by atoms with Crippen LogP contribution in [0.1, 0.15) is 16.7 Å². The first-order chi connectivity index (χ1) is 61.2. The molecule has 0 bridgehead atoms. The number of para-hydroxylation sites is 1. The van der Waals surface area contributed by atoms with Gasteiger partial charge in [-0.1, -0.05) is 261 Å². The quantitative estimate of drug-likeness (QED) is 0.103. The predicted molar refractivity (Wildman–Crippen MR) is 507 cm³/mol. The number of fused-ring (bicyclic) bond motifs is 12. The molecule has 0 saturated carbocycles. The smallest absolute Gasteiger partial charge is 0.166 e. The SMILES string of the molecule is N#Cc1ccc(-c2cc(-c3ccc4sc5cc(-c6ccc(-n7c8cc(-c9cccc(C#N)c9)ccc8c8ccc(-c9cccc(C#N)c9)cc87)c(-c7nc(-c8ccccc8)nc(-c8ccccc8)n7)c6)ccc5c4c3)c3c4ccccc4n(-c4ccc(-c5ccc6c(c5)sc5ccccc56)cc4-c4nc(-c5ccccc5)nc(-c5ccccc5)n4)c3c2)cc1. The first-order valence-corrected chi connectivity index (χ1v) is 42.5. The molecule has 6 aromatic heterocycles. The molecule has 0 radical (unpaired) electrons. The fourth-order valence-electron chi connectivity index (χ4n) is 17.7. The van der Waals surface area contributed by atoms with E-state index in [1.165, 1.54) is 20.2 Å². The van der Waals surface area contributed by atoms with Gasteiger partial charge in [0, 0.05) is 95.3 Å². The number of rotatable bonds is 14. The summed E-state index contributed by atoms with van der Waals surface area (Å²) in [5.74, 6) is 3.20. The molecule has 17 aromatic carbocycles. The maximum atomic E-state index is 10.2. The second-order valence-corrected chi connectivity index (χ2v) is 33.2. The van der Waals surface area contributed by atoms with Crippen molar-refractivity contribution in [1.82, 2.24) is 39.0 Å². The molecule has 11 nitrogen and oxygen atoms in total. The highest BCUT2D eigenvalue weighted by Gasteiger charge is 2.27. The first-order valence-electron chi connectivity index (χ1n) is 40.8. The van der Waals surface area contributed by atoms with Gasteiger partial charge in [-0.3, -0.25) is 0 Å². The van der Waals surface area contributed by atoms with E-state index in [9.17, 15) is 15.8 Å². The van der Waals surface area contributed by atoms with Crippen LogP contribution in [0, 0.1) is 34.0 Å². The van der Waals surface area contributed by atoms with E-state index in [1.807, 2.05) is 169 Å². The number of thiophene rings is 2. The van der Waals surface area contributed by atoms with Gasteiger partial charge in [0.1, 0.15) is 0 Å². The van der Waals surface area contributed by atoms with Crippen LogP contribution in [0.5, 0.6) is 0 Å². The maximum absolute atomic E-state index is 10.2. The number of nitrogens with zero attached hydrogens (tertiary/aromatic N) is 11. The minimum Gasteiger partial charge on any atom is -0.308 e. The topological polar surface area (TPSA) is 159 Å². The van der Waals surface area contributed by atoms with Crippen LogP contribution >= 0.6 is 22.7 Å². The monoisotopic (exact) mass is 1610 g/mol. The lowest BCUT2D eigenvalue weighted by Crippen LogP contribution is -2.04. The number of benzene rings is 17. The van der Waals surface area contributed by atoms with Gasteiger partial charge in [0.05, 0.1) is 68.3 Å². The van der Waals surface area contributed by atoms with Gasteiger partial charge in [-0.2, -0.15) is 15.8 Å². The summed E-state index contributed by atoms with van der Waals surface area (Å²) in [6, 6.07) is 140. The lowest BCUT2D eigenvalue weighted by molar-refractivity contribution is 1.06. The summed E-state index contributed by atoms with van der Waals surface area (Å²) in [5.41, 5.74) is 24.2. The van der Waals surface area contributed by atoms with Gasteiger partial charge in [0.2, 0.25) is 0 Å². The van der Waals surface area contributed by atoms with Crippen molar-refractivity contribution >= 4 is 107 Å². The third-order valence-electron chi connectivity index (χ3n) is 23.7. The van der Waals surface area contributed by atoms with E-state index < -0.39 is 0 Å². The third-order valence-corrected chi connectivity index (χ3v) is 26.0. The van der Waals surface area contributed by atoms with Crippen molar-refractivity contribution in [3.05, 3.63) is 399 Å². The Morgan fingerprint density at radius 3 is 1.05 bits per heavy atom. The molecular formula is C111H63N11S2. The van der Waals surface area contributed by atoms with Crippen LogP contribution in [0.2, 0.25) is 0 Å². The number of aromatic nitrogens is 8. The molecule has 0 aliphatic heterocycles. The molecule has 23 aromatic rings. The minimum atomic E-state index is 0.485. The van der Waals surface area contributed by atoms with Crippen LogP contribution in [-0.4, -0.2) is 39.0 Å². The van der Waals surface area contributed by atoms with Crippen LogP contribution < -0.4 is 0 Å². The van der Waals surface area contributed by atoms with E-state index in [-0.39, 0.29) is 0 Å². The Bertz CT molecular complexity index is 8230. The molecule has 0 saturated heterocycles. The van der Waals surface area contributed by atoms with Crippen LogP contribution in [0.3, 0.4) is 0 Å². The zero-order valence-corrected chi connectivity index (χ0v) is 67.7. The summed E-state index contributed by atoms with van der Waals surface area (Å²) < 4.78 is 9.45. The van der Waals surface area contributed by atoms with Crippen LogP contribution in [0.15, 0.2) is 382 Å². The second kappa shape index (κ2) is 30.0. The Kier molecular flexibility index (Phi) is 17.5. The Hall–Kier alpha value is -16.7. The normalized spacial score (nSPS) is 11.5. The summed E-state index contributed by atoms with van der Waals surface area (Å²) in [6.45, 7) is 0. The van der Waals surface area contributed by atoms with Crippen LogP contribution in [0.4, 0.5) is 0 Å². The molecule has 6 heterocycles. The molecule has 0 unspecified atom stereocenters. The molecule has 0 amide bonds. The van der Waals surface area contributed by atoms with E-state index in [0.29, 0.717) is 51.6 Å². The molecule has 0 aliphatic rings. The van der Waals surface area contributed by atoms with Gasteiger partial charge < -0.3 is 9.13 Å². The Balaban J connectivity index is 0.716. The van der Waals surface area contributed by atoms with E-state index >= 15 is 0 Å². The molecule has 0 fully saturated rings.